The number of rotatable bonds is 3. The molecule has 4 heteroatoms. The summed E-state index contributed by atoms with van der Waals surface area (Å²) in [6.45, 7) is 0. The Bertz CT molecular complexity index is 844. The van der Waals surface area contributed by atoms with Gasteiger partial charge in [-0.1, -0.05) is 48.5 Å². The van der Waals surface area contributed by atoms with Gasteiger partial charge in [-0.05, 0) is 25.7 Å². The van der Waals surface area contributed by atoms with Crippen molar-refractivity contribution in [1.29, 1.82) is 5.26 Å². The minimum Gasteiger partial charge on any atom is -0.428 e. The van der Waals surface area contributed by atoms with Gasteiger partial charge in [-0.2, -0.15) is 9.99 Å². The van der Waals surface area contributed by atoms with E-state index in [1.54, 1.807) is 0 Å². The molecule has 4 nitrogen and oxygen atoms in total. The first kappa shape index (κ1) is 14.2. The molecule has 3 aromatic rings. The van der Waals surface area contributed by atoms with Crippen molar-refractivity contribution in [3.8, 4) is 6.07 Å². The Morgan fingerprint density at radius 1 is 1.05 bits per heavy atom. The van der Waals surface area contributed by atoms with E-state index in [0.29, 0.717) is 16.8 Å². The van der Waals surface area contributed by atoms with Crippen molar-refractivity contribution in [2.24, 2.45) is 0 Å². The molecule has 1 unspecified atom stereocenters. The highest BCUT2D eigenvalue weighted by Gasteiger charge is 2.27. The lowest BCUT2D eigenvalue weighted by atomic mass is 9.99. The average molecular weight is 291 g/mol. The van der Waals surface area contributed by atoms with Crippen molar-refractivity contribution >= 4 is 10.9 Å². The van der Waals surface area contributed by atoms with Crippen LogP contribution in [-0.4, -0.2) is 28.9 Å². The zero-order valence-corrected chi connectivity index (χ0v) is 12.6. The van der Waals surface area contributed by atoms with Crippen molar-refractivity contribution in [2.45, 2.75) is 6.04 Å². The number of aromatic nitrogens is 1. The van der Waals surface area contributed by atoms with E-state index in [4.69, 9.17) is 0 Å². The van der Waals surface area contributed by atoms with Crippen LogP contribution in [0.5, 0.6) is 0 Å². The van der Waals surface area contributed by atoms with Crippen molar-refractivity contribution in [3.05, 3.63) is 71.4 Å². The lowest BCUT2D eigenvalue weighted by Gasteiger charge is -2.25. The molecular formula is C18H17N3O. The van der Waals surface area contributed by atoms with Crippen molar-refractivity contribution in [2.75, 3.05) is 14.1 Å². The van der Waals surface area contributed by atoms with E-state index in [0.717, 1.165) is 15.7 Å². The molecule has 2 aromatic carbocycles. The van der Waals surface area contributed by atoms with Crippen LogP contribution in [-0.2, 0) is 0 Å². The summed E-state index contributed by atoms with van der Waals surface area (Å²) in [5.41, 5.74) is 2.79. The van der Waals surface area contributed by atoms with Crippen molar-refractivity contribution in [1.82, 2.24) is 9.63 Å². The van der Waals surface area contributed by atoms with Crippen LogP contribution in [0.4, 0.5) is 0 Å². The minimum absolute atomic E-state index is 0.201. The molecule has 0 aliphatic heterocycles. The second kappa shape index (κ2) is 5.55. The van der Waals surface area contributed by atoms with Gasteiger partial charge in [0.15, 0.2) is 0 Å². The molecule has 1 atom stereocenters. The highest BCUT2D eigenvalue weighted by atomic mass is 16.5. The van der Waals surface area contributed by atoms with E-state index in [9.17, 15) is 10.5 Å². The van der Waals surface area contributed by atoms with Gasteiger partial charge in [-0.3, -0.25) is 4.90 Å². The number of benzene rings is 2. The van der Waals surface area contributed by atoms with Crippen LogP contribution in [0, 0.1) is 11.3 Å². The molecule has 0 fully saturated rings. The molecule has 0 aliphatic rings. The lowest BCUT2D eigenvalue weighted by molar-refractivity contribution is 0.173. The van der Waals surface area contributed by atoms with E-state index in [2.05, 4.69) is 6.07 Å². The smallest absolute Gasteiger partial charge is 0.102 e. The third-order valence-electron chi connectivity index (χ3n) is 3.89. The third-order valence-corrected chi connectivity index (χ3v) is 3.89. The summed E-state index contributed by atoms with van der Waals surface area (Å²) in [4.78, 5) is 2.00. The fourth-order valence-corrected chi connectivity index (χ4v) is 2.95. The molecule has 0 amide bonds. The molecule has 1 heterocycles. The molecule has 3 rings (SSSR count). The van der Waals surface area contributed by atoms with Gasteiger partial charge in [0, 0.05) is 5.39 Å². The third kappa shape index (κ3) is 2.12. The molecule has 1 N–H and O–H groups in total. The Labute approximate surface area is 129 Å². The standard InChI is InChI=1S/C18H17N3O/c1-20(2)17(13-8-4-3-5-9-13)18-15(12-19)14-10-6-7-11-16(14)21(18)22/h3-11,17,22H,1-2H3. The maximum absolute atomic E-state index is 10.6. The highest BCUT2D eigenvalue weighted by Crippen LogP contribution is 2.34. The predicted molar refractivity (Wildman–Crippen MR) is 85.8 cm³/mol. The van der Waals surface area contributed by atoms with Gasteiger partial charge in [0.1, 0.15) is 6.07 Å². The van der Waals surface area contributed by atoms with Gasteiger partial charge in [-0.25, -0.2) is 0 Å². The lowest BCUT2D eigenvalue weighted by Crippen LogP contribution is -2.24. The van der Waals surface area contributed by atoms with Gasteiger partial charge >= 0.3 is 0 Å². The second-order valence-corrected chi connectivity index (χ2v) is 5.48. The van der Waals surface area contributed by atoms with Crippen LogP contribution in [0.25, 0.3) is 10.9 Å². The van der Waals surface area contributed by atoms with Crippen LogP contribution < -0.4 is 0 Å². The predicted octanol–water partition coefficient (Wildman–Crippen LogP) is 3.40. The minimum atomic E-state index is -0.201. The van der Waals surface area contributed by atoms with Gasteiger partial charge in [0.2, 0.25) is 0 Å². The fourth-order valence-electron chi connectivity index (χ4n) is 2.95. The quantitative estimate of drug-likeness (QED) is 0.752. The second-order valence-electron chi connectivity index (χ2n) is 5.48. The summed E-state index contributed by atoms with van der Waals surface area (Å²) in [6, 6.07) is 19.3. The number of nitriles is 1. The first-order valence-corrected chi connectivity index (χ1v) is 7.09. The maximum atomic E-state index is 10.6. The summed E-state index contributed by atoms with van der Waals surface area (Å²) >= 11 is 0. The zero-order valence-electron chi connectivity index (χ0n) is 12.6. The van der Waals surface area contributed by atoms with E-state index < -0.39 is 0 Å². The van der Waals surface area contributed by atoms with Crippen LogP contribution >= 0.6 is 0 Å². The summed E-state index contributed by atoms with van der Waals surface area (Å²) in [7, 11) is 3.88. The fraction of sp³-hybridized carbons (Fsp3) is 0.167. The first-order chi connectivity index (χ1) is 10.6. The number of hydrogen-bond acceptors (Lipinski definition) is 3. The zero-order chi connectivity index (χ0) is 15.7. The van der Waals surface area contributed by atoms with Crippen LogP contribution in [0.15, 0.2) is 54.6 Å². The average Bonchev–Trinajstić information content (AvgIpc) is 2.81. The Kier molecular flexibility index (Phi) is 3.58. The largest absolute Gasteiger partial charge is 0.428 e. The van der Waals surface area contributed by atoms with Gasteiger partial charge in [-0.15, -0.1) is 0 Å². The van der Waals surface area contributed by atoms with Crippen LogP contribution in [0.3, 0.4) is 0 Å². The SMILES string of the molecule is CN(C)C(c1ccccc1)c1c(C#N)c2ccccc2n1O. The molecular weight excluding hydrogens is 274 g/mol. The molecule has 0 spiro atoms. The normalized spacial score (nSPS) is 12.5. The maximum Gasteiger partial charge on any atom is 0.102 e. The molecule has 0 saturated carbocycles. The molecule has 0 aliphatic carbocycles. The highest BCUT2D eigenvalue weighted by molar-refractivity contribution is 5.88. The van der Waals surface area contributed by atoms with Gasteiger partial charge in [0.05, 0.1) is 22.8 Å². The van der Waals surface area contributed by atoms with E-state index in [1.807, 2.05) is 73.6 Å². The molecule has 0 radical (unpaired) electrons. The topological polar surface area (TPSA) is 52.2 Å². The Hall–Kier alpha value is -2.77. The van der Waals surface area contributed by atoms with Crippen molar-refractivity contribution in [3.63, 3.8) is 0 Å². The summed E-state index contributed by atoms with van der Waals surface area (Å²) in [5.74, 6) is 0. The monoisotopic (exact) mass is 291 g/mol. The summed E-state index contributed by atoms with van der Waals surface area (Å²) in [6.07, 6.45) is 0. The van der Waals surface area contributed by atoms with Gasteiger partial charge in [0.25, 0.3) is 0 Å². The van der Waals surface area contributed by atoms with Crippen LogP contribution in [0.1, 0.15) is 22.9 Å². The van der Waals surface area contributed by atoms with E-state index in [-0.39, 0.29) is 6.04 Å². The molecule has 1 aromatic heterocycles. The molecule has 22 heavy (non-hydrogen) atoms. The Morgan fingerprint density at radius 3 is 2.32 bits per heavy atom. The number of para-hydroxylation sites is 1. The van der Waals surface area contributed by atoms with Crippen molar-refractivity contribution < 1.29 is 5.21 Å². The van der Waals surface area contributed by atoms with Gasteiger partial charge < -0.3 is 5.21 Å². The first-order valence-electron chi connectivity index (χ1n) is 7.09. The number of hydrogen-bond donors (Lipinski definition) is 1. The number of nitrogens with zero attached hydrogens (tertiary/aromatic N) is 3. The number of fused-ring (bicyclic) bond motifs is 1. The summed E-state index contributed by atoms with van der Waals surface area (Å²) in [5, 5.41) is 21.0. The van der Waals surface area contributed by atoms with Crippen LogP contribution in [0.2, 0.25) is 0 Å². The Morgan fingerprint density at radius 2 is 1.68 bits per heavy atom. The Balaban J connectivity index is 2.32. The molecule has 0 bridgehead atoms. The summed E-state index contributed by atoms with van der Waals surface area (Å²) < 4.78 is 1.14. The molecule has 110 valence electrons. The van der Waals surface area contributed by atoms with E-state index >= 15 is 0 Å². The molecule has 0 saturated heterocycles. The van der Waals surface area contributed by atoms with E-state index in [1.165, 1.54) is 0 Å².